The van der Waals surface area contributed by atoms with Crippen molar-refractivity contribution in [1.82, 2.24) is 10.2 Å². The Kier molecular flexibility index (Phi) is 4.73. The van der Waals surface area contributed by atoms with Crippen molar-refractivity contribution in [2.45, 2.75) is 25.3 Å². The molecule has 20 heavy (non-hydrogen) atoms. The van der Waals surface area contributed by atoms with Crippen molar-refractivity contribution in [3.05, 3.63) is 22.4 Å². The molecule has 1 aliphatic heterocycles. The molecular formula is C13H16N2O4S. The van der Waals surface area contributed by atoms with Gasteiger partial charge >= 0.3 is 5.97 Å². The summed E-state index contributed by atoms with van der Waals surface area (Å²) in [4.78, 5) is 36.8. The molecule has 108 valence electrons. The number of hydrogen-bond donors (Lipinski definition) is 2. The third-order valence-corrected chi connectivity index (χ3v) is 4.12. The number of amides is 2. The van der Waals surface area contributed by atoms with Crippen molar-refractivity contribution in [2.75, 3.05) is 13.1 Å². The number of carbonyl (C=O) groups is 3. The third kappa shape index (κ3) is 3.36. The fraction of sp³-hybridized carbons (Fsp3) is 0.462. The lowest BCUT2D eigenvalue weighted by molar-refractivity contribution is -0.151. The lowest BCUT2D eigenvalue weighted by atomic mass is 10.0. The van der Waals surface area contributed by atoms with Crippen molar-refractivity contribution < 1.29 is 19.5 Å². The molecule has 1 aromatic heterocycles. The summed E-state index contributed by atoms with van der Waals surface area (Å²) in [6.07, 6.45) is 2.08. The molecule has 0 spiro atoms. The highest BCUT2D eigenvalue weighted by Gasteiger charge is 2.31. The summed E-state index contributed by atoms with van der Waals surface area (Å²) < 4.78 is 0. The number of nitrogens with one attached hydrogen (secondary N) is 1. The Morgan fingerprint density at radius 1 is 1.40 bits per heavy atom. The van der Waals surface area contributed by atoms with E-state index in [1.54, 1.807) is 17.5 Å². The number of hydrogen-bond acceptors (Lipinski definition) is 4. The van der Waals surface area contributed by atoms with E-state index in [0.717, 1.165) is 12.8 Å². The lowest BCUT2D eigenvalue weighted by Crippen LogP contribution is -2.51. The number of nitrogens with zero attached hydrogens (tertiary/aromatic N) is 1. The van der Waals surface area contributed by atoms with Crippen LogP contribution in [-0.2, 0) is 9.59 Å². The average Bonchev–Trinajstić information content (AvgIpc) is 2.98. The Morgan fingerprint density at radius 2 is 2.20 bits per heavy atom. The number of thiophene rings is 1. The van der Waals surface area contributed by atoms with Crippen LogP contribution >= 0.6 is 11.3 Å². The van der Waals surface area contributed by atoms with Gasteiger partial charge in [0.1, 0.15) is 6.04 Å². The molecule has 1 atom stereocenters. The van der Waals surface area contributed by atoms with E-state index < -0.39 is 12.0 Å². The smallest absolute Gasteiger partial charge is 0.326 e. The molecule has 1 aromatic rings. The van der Waals surface area contributed by atoms with E-state index in [1.165, 1.54) is 16.2 Å². The van der Waals surface area contributed by atoms with Crippen LogP contribution in [0.3, 0.4) is 0 Å². The van der Waals surface area contributed by atoms with E-state index in [4.69, 9.17) is 5.11 Å². The van der Waals surface area contributed by atoms with Gasteiger partial charge in [-0.25, -0.2) is 4.79 Å². The van der Waals surface area contributed by atoms with Gasteiger partial charge in [-0.3, -0.25) is 9.59 Å². The standard InChI is InChI=1S/C13H16N2O4S/c16-11(8-14-12(17)10-5-3-7-20-10)15-6-2-1-4-9(15)13(18)19/h3,5,7,9H,1-2,4,6,8H2,(H,14,17)(H,18,19). The third-order valence-electron chi connectivity index (χ3n) is 3.25. The van der Waals surface area contributed by atoms with Gasteiger partial charge in [-0.05, 0) is 30.7 Å². The van der Waals surface area contributed by atoms with Crippen LogP contribution in [0.1, 0.15) is 28.9 Å². The number of likely N-dealkylation sites (tertiary alicyclic amines) is 1. The fourth-order valence-corrected chi connectivity index (χ4v) is 2.88. The SMILES string of the molecule is O=C(NCC(=O)N1CCCCC1C(=O)O)c1cccs1. The summed E-state index contributed by atoms with van der Waals surface area (Å²) in [7, 11) is 0. The first kappa shape index (κ1) is 14.5. The minimum Gasteiger partial charge on any atom is -0.480 e. The molecular weight excluding hydrogens is 280 g/mol. The van der Waals surface area contributed by atoms with Gasteiger partial charge in [-0.2, -0.15) is 0 Å². The second-order valence-electron chi connectivity index (χ2n) is 4.60. The van der Waals surface area contributed by atoms with Crippen LogP contribution in [0.5, 0.6) is 0 Å². The zero-order chi connectivity index (χ0) is 14.5. The molecule has 2 amide bonds. The summed E-state index contributed by atoms with van der Waals surface area (Å²) in [6, 6.07) is 2.66. The van der Waals surface area contributed by atoms with E-state index in [9.17, 15) is 14.4 Å². The first-order valence-electron chi connectivity index (χ1n) is 6.43. The summed E-state index contributed by atoms with van der Waals surface area (Å²) >= 11 is 1.29. The van der Waals surface area contributed by atoms with Crippen molar-refractivity contribution >= 4 is 29.1 Å². The van der Waals surface area contributed by atoms with Gasteiger partial charge in [0, 0.05) is 6.54 Å². The fourth-order valence-electron chi connectivity index (χ4n) is 2.24. The zero-order valence-electron chi connectivity index (χ0n) is 10.9. The molecule has 0 aromatic carbocycles. The molecule has 2 N–H and O–H groups in total. The van der Waals surface area contributed by atoms with Gasteiger partial charge in [0.15, 0.2) is 0 Å². The largest absolute Gasteiger partial charge is 0.480 e. The minimum absolute atomic E-state index is 0.166. The monoisotopic (exact) mass is 296 g/mol. The molecule has 1 fully saturated rings. The van der Waals surface area contributed by atoms with Crippen LogP contribution in [0, 0.1) is 0 Å². The lowest BCUT2D eigenvalue weighted by Gasteiger charge is -2.32. The highest BCUT2D eigenvalue weighted by Crippen LogP contribution is 2.17. The first-order chi connectivity index (χ1) is 9.59. The van der Waals surface area contributed by atoms with Gasteiger partial charge in [-0.15, -0.1) is 11.3 Å². The molecule has 0 bridgehead atoms. The summed E-state index contributed by atoms with van der Waals surface area (Å²) in [6.45, 7) is 0.269. The summed E-state index contributed by atoms with van der Waals surface area (Å²) in [5, 5.41) is 13.4. The molecule has 0 saturated carbocycles. The van der Waals surface area contributed by atoms with Crippen molar-refractivity contribution in [3.63, 3.8) is 0 Å². The van der Waals surface area contributed by atoms with Gasteiger partial charge in [0.25, 0.3) is 5.91 Å². The van der Waals surface area contributed by atoms with E-state index in [2.05, 4.69) is 5.32 Å². The van der Waals surface area contributed by atoms with Gasteiger partial charge in [-0.1, -0.05) is 6.07 Å². The van der Waals surface area contributed by atoms with Crippen molar-refractivity contribution in [1.29, 1.82) is 0 Å². The Labute approximate surface area is 120 Å². The van der Waals surface area contributed by atoms with Crippen molar-refractivity contribution in [2.24, 2.45) is 0 Å². The van der Waals surface area contributed by atoms with Gasteiger partial charge in [0.05, 0.1) is 11.4 Å². The molecule has 2 rings (SSSR count). The number of carboxylic acid groups (broad SMARTS) is 1. The average molecular weight is 296 g/mol. The number of carbonyl (C=O) groups excluding carboxylic acids is 2. The maximum Gasteiger partial charge on any atom is 0.326 e. The Morgan fingerprint density at radius 3 is 2.85 bits per heavy atom. The first-order valence-corrected chi connectivity index (χ1v) is 7.31. The maximum absolute atomic E-state index is 12.0. The number of carboxylic acids is 1. The maximum atomic E-state index is 12.0. The molecule has 1 aliphatic rings. The topological polar surface area (TPSA) is 86.7 Å². The molecule has 2 heterocycles. The predicted octanol–water partition coefficient (Wildman–Crippen LogP) is 0.944. The predicted molar refractivity (Wildman–Crippen MR) is 73.6 cm³/mol. The summed E-state index contributed by atoms with van der Waals surface area (Å²) in [5.41, 5.74) is 0. The van der Waals surface area contributed by atoms with Gasteiger partial charge < -0.3 is 15.3 Å². The zero-order valence-corrected chi connectivity index (χ0v) is 11.7. The highest BCUT2D eigenvalue weighted by molar-refractivity contribution is 7.12. The van der Waals surface area contributed by atoms with E-state index in [0.29, 0.717) is 17.8 Å². The second-order valence-corrected chi connectivity index (χ2v) is 5.54. The van der Waals surface area contributed by atoms with E-state index in [-0.39, 0.29) is 18.4 Å². The molecule has 7 heteroatoms. The normalized spacial score (nSPS) is 18.6. The van der Waals surface area contributed by atoms with Crippen LogP contribution in [0.2, 0.25) is 0 Å². The van der Waals surface area contributed by atoms with Crippen LogP contribution in [0.25, 0.3) is 0 Å². The number of piperidine rings is 1. The Hall–Kier alpha value is -1.89. The van der Waals surface area contributed by atoms with Crippen LogP contribution in [-0.4, -0.2) is 46.9 Å². The Balaban J connectivity index is 1.90. The van der Waals surface area contributed by atoms with Crippen molar-refractivity contribution in [3.8, 4) is 0 Å². The van der Waals surface area contributed by atoms with Crippen LogP contribution < -0.4 is 5.32 Å². The molecule has 1 unspecified atom stereocenters. The van der Waals surface area contributed by atoms with E-state index >= 15 is 0 Å². The summed E-state index contributed by atoms with van der Waals surface area (Å²) in [5.74, 6) is -1.64. The van der Waals surface area contributed by atoms with Gasteiger partial charge in [0.2, 0.25) is 5.91 Å². The molecule has 0 aliphatic carbocycles. The highest BCUT2D eigenvalue weighted by atomic mass is 32.1. The minimum atomic E-state index is -0.984. The van der Waals surface area contributed by atoms with Crippen LogP contribution in [0.15, 0.2) is 17.5 Å². The molecule has 1 saturated heterocycles. The second kappa shape index (κ2) is 6.51. The number of rotatable bonds is 4. The number of aliphatic carboxylic acids is 1. The Bertz CT molecular complexity index is 500. The van der Waals surface area contributed by atoms with Crippen LogP contribution in [0.4, 0.5) is 0 Å². The van der Waals surface area contributed by atoms with E-state index in [1.807, 2.05) is 0 Å². The molecule has 6 nitrogen and oxygen atoms in total. The molecule has 0 radical (unpaired) electrons. The quantitative estimate of drug-likeness (QED) is 0.866.